The van der Waals surface area contributed by atoms with Gasteiger partial charge in [0, 0.05) is 19.2 Å². The van der Waals surface area contributed by atoms with Crippen LogP contribution in [0.5, 0.6) is 0 Å². The van der Waals surface area contributed by atoms with Crippen molar-refractivity contribution < 1.29 is 40.7 Å². The van der Waals surface area contributed by atoms with Crippen molar-refractivity contribution in [1.82, 2.24) is 15.5 Å². The molecule has 1 aliphatic rings. The number of nitrogens with one attached hydrogen (secondary N) is 2. The minimum Gasteiger partial charge on any atom is -0.357 e. The molecule has 29 heavy (non-hydrogen) atoms. The lowest BCUT2D eigenvalue weighted by Crippen LogP contribution is -2.48. The molecule has 0 saturated carbocycles. The molecular weight excluding hydrogens is 408 g/mol. The Morgan fingerprint density at radius 3 is 2.07 bits per heavy atom. The average molecular weight is 425 g/mol. The molecule has 1 saturated heterocycles. The Hall–Kier alpha value is -2.79. The zero-order valence-corrected chi connectivity index (χ0v) is 15.1. The molecule has 1 aromatic rings. The molecule has 1 aliphatic heterocycles. The van der Waals surface area contributed by atoms with Gasteiger partial charge in [-0.1, -0.05) is 0 Å². The molecule has 3 amide bonds. The summed E-state index contributed by atoms with van der Waals surface area (Å²) >= 11 is 0. The van der Waals surface area contributed by atoms with Gasteiger partial charge in [0.25, 0.3) is 5.91 Å². The second kappa shape index (κ2) is 8.29. The minimum atomic E-state index is -5.09. The molecule has 0 aliphatic carbocycles. The summed E-state index contributed by atoms with van der Waals surface area (Å²) < 4.78 is 77.2. The Kier molecular flexibility index (Phi) is 6.43. The molecule has 2 rings (SSSR count). The fourth-order valence-corrected chi connectivity index (χ4v) is 2.95. The summed E-state index contributed by atoms with van der Waals surface area (Å²) in [4.78, 5) is 37.3. The second-order valence-corrected chi connectivity index (χ2v) is 6.34. The van der Waals surface area contributed by atoms with Crippen LogP contribution in [0.3, 0.4) is 0 Å². The van der Waals surface area contributed by atoms with Gasteiger partial charge in [0.1, 0.15) is 6.04 Å². The van der Waals surface area contributed by atoms with Crippen molar-refractivity contribution >= 4 is 17.7 Å². The quantitative estimate of drug-likeness (QED) is 0.727. The Balaban J connectivity index is 2.16. The fourth-order valence-electron chi connectivity index (χ4n) is 2.95. The molecule has 1 fully saturated rings. The maximum absolute atomic E-state index is 12.9. The third-order valence-electron chi connectivity index (χ3n) is 4.37. The monoisotopic (exact) mass is 425 g/mol. The van der Waals surface area contributed by atoms with Crippen molar-refractivity contribution in [3.63, 3.8) is 0 Å². The van der Waals surface area contributed by atoms with E-state index in [1.807, 2.05) is 5.32 Å². The van der Waals surface area contributed by atoms with Crippen molar-refractivity contribution in [3.8, 4) is 0 Å². The number of likely N-dealkylation sites (N-methyl/N-ethyl adjacent to an activating group) is 1. The van der Waals surface area contributed by atoms with Crippen LogP contribution in [0.2, 0.25) is 0 Å². The van der Waals surface area contributed by atoms with E-state index in [1.165, 1.54) is 11.9 Å². The third-order valence-corrected chi connectivity index (χ3v) is 4.37. The predicted octanol–water partition coefficient (Wildman–Crippen LogP) is 2.19. The number of carbonyl (C=O) groups is 3. The summed E-state index contributed by atoms with van der Waals surface area (Å²) in [7, 11) is 1.39. The lowest BCUT2D eigenvalue weighted by Gasteiger charge is -2.23. The third kappa shape index (κ3) is 5.39. The fraction of sp³-hybridized carbons (Fsp3) is 0.471. The second-order valence-electron chi connectivity index (χ2n) is 6.34. The summed E-state index contributed by atoms with van der Waals surface area (Å²) in [5, 5.41) is 4.40. The van der Waals surface area contributed by atoms with Gasteiger partial charge in [0.2, 0.25) is 11.8 Å². The summed E-state index contributed by atoms with van der Waals surface area (Å²) in [6.07, 6.45) is -9.24. The standard InChI is InChI=1S/C17H17F6N3O3/c1-24-15(29)12-3-2-4-26(12)13(27)8-25-14(28)9-5-10(16(18,19)20)7-11(6-9)17(21,22)23/h5-7,12H,2-4,8H2,1H3,(H,24,29)(H,25,28). The molecule has 0 aromatic heterocycles. The minimum absolute atomic E-state index is 0.0971. The van der Waals surface area contributed by atoms with Crippen molar-refractivity contribution in [2.45, 2.75) is 31.2 Å². The van der Waals surface area contributed by atoms with Gasteiger partial charge in [0.05, 0.1) is 17.7 Å². The molecule has 1 unspecified atom stereocenters. The van der Waals surface area contributed by atoms with Crippen molar-refractivity contribution in [2.75, 3.05) is 20.1 Å². The molecule has 0 bridgehead atoms. The lowest BCUT2D eigenvalue weighted by atomic mass is 10.0. The molecule has 0 spiro atoms. The number of rotatable bonds is 4. The van der Waals surface area contributed by atoms with Gasteiger partial charge in [0.15, 0.2) is 0 Å². The topological polar surface area (TPSA) is 78.5 Å². The molecule has 160 valence electrons. The van der Waals surface area contributed by atoms with Crippen LogP contribution >= 0.6 is 0 Å². The number of hydrogen-bond acceptors (Lipinski definition) is 3. The van der Waals surface area contributed by atoms with Crippen molar-refractivity contribution in [3.05, 3.63) is 34.9 Å². The molecule has 12 heteroatoms. The van der Waals surface area contributed by atoms with Crippen LogP contribution in [0.1, 0.15) is 34.3 Å². The Morgan fingerprint density at radius 2 is 1.59 bits per heavy atom. The van der Waals surface area contributed by atoms with Gasteiger partial charge in [-0.05, 0) is 31.0 Å². The maximum atomic E-state index is 12.9. The molecule has 1 atom stereocenters. The molecule has 0 radical (unpaired) electrons. The molecule has 6 nitrogen and oxygen atoms in total. The van der Waals surface area contributed by atoms with Crippen LogP contribution in [0.4, 0.5) is 26.3 Å². The highest BCUT2D eigenvalue weighted by atomic mass is 19.4. The van der Waals surface area contributed by atoms with E-state index >= 15 is 0 Å². The van der Waals surface area contributed by atoms with E-state index in [-0.39, 0.29) is 24.7 Å². The van der Waals surface area contributed by atoms with Crippen LogP contribution in [-0.2, 0) is 21.9 Å². The summed E-state index contributed by atoms with van der Waals surface area (Å²) in [6, 6.07) is -0.286. The molecule has 1 aromatic carbocycles. The first kappa shape index (κ1) is 22.5. The number of benzene rings is 1. The zero-order chi connectivity index (χ0) is 22.0. The summed E-state index contributed by atoms with van der Waals surface area (Å²) in [5.74, 6) is -2.35. The smallest absolute Gasteiger partial charge is 0.357 e. The normalized spacial score (nSPS) is 17.2. The average Bonchev–Trinajstić information content (AvgIpc) is 3.13. The molecular formula is C17H17F6N3O3. The highest BCUT2D eigenvalue weighted by Crippen LogP contribution is 2.36. The summed E-state index contributed by atoms with van der Waals surface area (Å²) in [5.41, 5.74) is -4.16. The van der Waals surface area contributed by atoms with E-state index < -0.39 is 59.4 Å². The Labute approximate surface area is 161 Å². The van der Waals surface area contributed by atoms with Crippen molar-refractivity contribution in [2.24, 2.45) is 0 Å². The van der Waals surface area contributed by atoms with Crippen LogP contribution in [-0.4, -0.2) is 48.8 Å². The first-order valence-corrected chi connectivity index (χ1v) is 8.43. The number of halogens is 6. The van der Waals surface area contributed by atoms with E-state index in [0.717, 1.165) is 0 Å². The zero-order valence-electron chi connectivity index (χ0n) is 15.1. The summed E-state index contributed by atoms with van der Waals surface area (Å²) in [6.45, 7) is -0.432. The van der Waals surface area contributed by atoms with Gasteiger partial charge < -0.3 is 15.5 Å². The highest BCUT2D eigenvalue weighted by molar-refractivity contribution is 5.97. The van der Waals surface area contributed by atoms with E-state index in [9.17, 15) is 40.7 Å². The first-order valence-electron chi connectivity index (χ1n) is 8.43. The van der Waals surface area contributed by atoms with Gasteiger partial charge in [-0.3, -0.25) is 14.4 Å². The van der Waals surface area contributed by atoms with E-state index in [2.05, 4.69) is 5.32 Å². The van der Waals surface area contributed by atoms with E-state index in [0.29, 0.717) is 12.8 Å². The largest absolute Gasteiger partial charge is 0.416 e. The Morgan fingerprint density at radius 1 is 1.03 bits per heavy atom. The number of alkyl halides is 6. The number of carbonyl (C=O) groups excluding carboxylic acids is 3. The predicted molar refractivity (Wildman–Crippen MR) is 87.6 cm³/mol. The van der Waals surface area contributed by atoms with Gasteiger partial charge in [-0.25, -0.2) is 0 Å². The molecule has 2 N–H and O–H groups in total. The lowest BCUT2D eigenvalue weighted by molar-refractivity contribution is -0.143. The van der Waals surface area contributed by atoms with Gasteiger partial charge >= 0.3 is 12.4 Å². The van der Waals surface area contributed by atoms with Crippen molar-refractivity contribution in [1.29, 1.82) is 0 Å². The molecule has 1 heterocycles. The van der Waals surface area contributed by atoms with E-state index in [4.69, 9.17) is 0 Å². The maximum Gasteiger partial charge on any atom is 0.416 e. The van der Waals surface area contributed by atoms with Crippen LogP contribution in [0.15, 0.2) is 18.2 Å². The van der Waals surface area contributed by atoms with Gasteiger partial charge in [-0.15, -0.1) is 0 Å². The van der Waals surface area contributed by atoms with Gasteiger partial charge in [-0.2, -0.15) is 26.3 Å². The first-order chi connectivity index (χ1) is 13.3. The number of amides is 3. The Bertz CT molecular complexity index is 774. The number of nitrogens with zero attached hydrogens (tertiary/aromatic N) is 1. The van der Waals surface area contributed by atoms with E-state index in [1.54, 1.807) is 0 Å². The SMILES string of the molecule is CNC(=O)C1CCCN1C(=O)CNC(=O)c1cc(C(F)(F)F)cc(C(F)(F)F)c1. The van der Waals surface area contributed by atoms with Crippen LogP contribution in [0, 0.1) is 0 Å². The van der Waals surface area contributed by atoms with Crippen LogP contribution < -0.4 is 10.6 Å². The van der Waals surface area contributed by atoms with Crippen LogP contribution in [0.25, 0.3) is 0 Å². The highest BCUT2D eigenvalue weighted by Gasteiger charge is 2.38. The number of likely N-dealkylation sites (tertiary alicyclic amines) is 1. The number of hydrogen-bond donors (Lipinski definition) is 2.